The molecule has 0 saturated carbocycles. The monoisotopic (exact) mass is 375 g/mol. The normalized spacial score (nSPS) is 20.8. The minimum Gasteiger partial charge on any atom is -0.477 e. The van der Waals surface area contributed by atoms with E-state index in [1.54, 1.807) is 0 Å². The number of anilines is 1. The SMILES string of the molecule is Cc1c(C(=O)O)sc2ccc(NC(=O)[C@]3(NC(C)C)CCN(C)C3)cc12. The summed E-state index contributed by atoms with van der Waals surface area (Å²) in [6.45, 7) is 7.43. The Bertz CT molecular complexity index is 861. The smallest absolute Gasteiger partial charge is 0.346 e. The summed E-state index contributed by atoms with van der Waals surface area (Å²) in [7, 11) is 2.02. The number of rotatable bonds is 5. The lowest BCUT2D eigenvalue weighted by Gasteiger charge is -2.31. The van der Waals surface area contributed by atoms with Crippen LogP contribution in [0.25, 0.3) is 10.1 Å². The molecule has 1 amide bonds. The molecule has 1 aliphatic heterocycles. The van der Waals surface area contributed by atoms with Gasteiger partial charge in [-0.2, -0.15) is 0 Å². The molecule has 140 valence electrons. The van der Waals surface area contributed by atoms with Crippen molar-refractivity contribution >= 4 is 39.0 Å². The number of likely N-dealkylation sites (N-methyl/N-ethyl adjacent to an activating group) is 1. The molecule has 1 aromatic carbocycles. The molecule has 3 rings (SSSR count). The topological polar surface area (TPSA) is 81.7 Å². The van der Waals surface area contributed by atoms with Crippen molar-refractivity contribution in [1.29, 1.82) is 0 Å². The number of hydrogen-bond donors (Lipinski definition) is 3. The van der Waals surface area contributed by atoms with Gasteiger partial charge in [0, 0.05) is 29.5 Å². The van der Waals surface area contributed by atoms with Crippen LogP contribution in [0.2, 0.25) is 0 Å². The number of hydrogen-bond acceptors (Lipinski definition) is 5. The molecule has 2 aromatic rings. The second-order valence-corrected chi connectivity index (χ2v) is 8.45. The summed E-state index contributed by atoms with van der Waals surface area (Å²) in [5, 5.41) is 16.7. The van der Waals surface area contributed by atoms with Gasteiger partial charge in [-0.25, -0.2) is 4.79 Å². The fourth-order valence-electron chi connectivity index (χ4n) is 3.68. The first-order chi connectivity index (χ1) is 12.2. The van der Waals surface area contributed by atoms with Gasteiger partial charge < -0.3 is 15.3 Å². The van der Waals surface area contributed by atoms with Gasteiger partial charge in [0.25, 0.3) is 0 Å². The molecule has 0 aliphatic carbocycles. The zero-order valence-corrected chi connectivity index (χ0v) is 16.4. The molecule has 1 aromatic heterocycles. The molecule has 1 fully saturated rings. The van der Waals surface area contributed by atoms with Crippen molar-refractivity contribution in [3.63, 3.8) is 0 Å². The predicted molar refractivity (Wildman–Crippen MR) is 105 cm³/mol. The number of nitrogens with zero attached hydrogens (tertiary/aromatic N) is 1. The molecule has 7 heteroatoms. The molecule has 6 nitrogen and oxygen atoms in total. The fourth-order valence-corrected chi connectivity index (χ4v) is 4.70. The lowest BCUT2D eigenvalue weighted by atomic mass is 9.95. The van der Waals surface area contributed by atoms with Gasteiger partial charge in [-0.05, 0) is 63.4 Å². The standard InChI is InChI=1S/C19H25N3O3S/c1-11(2)21-19(7-8-22(4)10-19)18(25)20-13-5-6-15-14(9-13)12(3)16(26-15)17(23)24/h5-6,9,11,21H,7-8,10H2,1-4H3,(H,20,25)(H,23,24)/t19-/m0/s1. The quantitative estimate of drug-likeness (QED) is 0.749. The van der Waals surface area contributed by atoms with Crippen LogP contribution in [-0.2, 0) is 4.79 Å². The van der Waals surface area contributed by atoms with E-state index < -0.39 is 11.5 Å². The number of amides is 1. The minimum absolute atomic E-state index is 0.0405. The molecule has 3 N–H and O–H groups in total. The van der Waals surface area contributed by atoms with Crippen LogP contribution in [0.15, 0.2) is 18.2 Å². The lowest BCUT2D eigenvalue weighted by molar-refractivity contribution is -0.122. The third-order valence-corrected chi connectivity index (χ3v) is 6.11. The van der Waals surface area contributed by atoms with E-state index >= 15 is 0 Å². The van der Waals surface area contributed by atoms with E-state index in [0.29, 0.717) is 17.1 Å². The summed E-state index contributed by atoms with van der Waals surface area (Å²) in [4.78, 5) is 26.9. The van der Waals surface area contributed by atoms with Crippen LogP contribution in [0.1, 0.15) is 35.5 Å². The maximum Gasteiger partial charge on any atom is 0.346 e. The third kappa shape index (κ3) is 3.47. The van der Waals surface area contributed by atoms with E-state index in [1.807, 2.05) is 46.0 Å². The largest absolute Gasteiger partial charge is 0.477 e. The van der Waals surface area contributed by atoms with Crippen molar-refractivity contribution in [2.45, 2.75) is 38.8 Å². The van der Waals surface area contributed by atoms with Gasteiger partial charge in [0.1, 0.15) is 10.4 Å². The molecular formula is C19H25N3O3S. The van der Waals surface area contributed by atoms with Gasteiger partial charge in [-0.15, -0.1) is 11.3 Å². The van der Waals surface area contributed by atoms with Gasteiger partial charge in [-0.3, -0.25) is 10.1 Å². The van der Waals surface area contributed by atoms with Crippen molar-refractivity contribution in [2.24, 2.45) is 0 Å². The Hall–Kier alpha value is -1.96. The van der Waals surface area contributed by atoms with Crippen LogP contribution in [0.3, 0.4) is 0 Å². The second kappa shape index (κ2) is 6.98. The first-order valence-corrected chi connectivity index (χ1v) is 9.57. The summed E-state index contributed by atoms with van der Waals surface area (Å²) in [5.74, 6) is -0.954. The molecule has 0 bridgehead atoms. The Balaban J connectivity index is 1.88. The van der Waals surface area contributed by atoms with Crippen LogP contribution in [0.5, 0.6) is 0 Å². The first kappa shape index (κ1) is 18.8. The Labute approximate surface area is 157 Å². The average Bonchev–Trinajstić information content (AvgIpc) is 3.08. The molecule has 26 heavy (non-hydrogen) atoms. The van der Waals surface area contributed by atoms with Crippen LogP contribution in [0.4, 0.5) is 5.69 Å². The van der Waals surface area contributed by atoms with Crippen molar-refractivity contribution in [3.05, 3.63) is 28.6 Å². The summed E-state index contributed by atoms with van der Waals surface area (Å²) in [6, 6.07) is 5.78. The Kier molecular flexibility index (Phi) is 5.05. The maximum atomic E-state index is 13.1. The number of carbonyl (C=O) groups is 2. The fraction of sp³-hybridized carbons (Fsp3) is 0.474. The van der Waals surface area contributed by atoms with Crippen LogP contribution in [0, 0.1) is 6.92 Å². The number of nitrogens with one attached hydrogen (secondary N) is 2. The summed E-state index contributed by atoms with van der Waals surface area (Å²) < 4.78 is 0.911. The highest BCUT2D eigenvalue weighted by Crippen LogP contribution is 2.33. The van der Waals surface area contributed by atoms with Crippen molar-refractivity contribution in [1.82, 2.24) is 10.2 Å². The highest BCUT2D eigenvalue weighted by Gasteiger charge is 2.43. The minimum atomic E-state index is -0.914. The first-order valence-electron chi connectivity index (χ1n) is 8.76. The van der Waals surface area contributed by atoms with Crippen LogP contribution in [-0.4, -0.2) is 53.6 Å². The maximum absolute atomic E-state index is 13.1. The van der Waals surface area contributed by atoms with E-state index in [1.165, 1.54) is 11.3 Å². The highest BCUT2D eigenvalue weighted by atomic mass is 32.1. The van der Waals surface area contributed by atoms with E-state index in [9.17, 15) is 14.7 Å². The number of thiophene rings is 1. The number of carboxylic acids is 1. The Morgan fingerprint density at radius 1 is 1.35 bits per heavy atom. The number of aryl methyl sites for hydroxylation is 1. The molecular weight excluding hydrogens is 350 g/mol. The van der Waals surface area contributed by atoms with Crippen molar-refractivity contribution in [2.75, 3.05) is 25.5 Å². The third-order valence-electron chi connectivity index (χ3n) is 4.85. The molecule has 0 radical (unpaired) electrons. The number of fused-ring (bicyclic) bond motifs is 1. The van der Waals surface area contributed by atoms with Crippen LogP contribution >= 0.6 is 11.3 Å². The number of carbonyl (C=O) groups excluding carboxylic acids is 1. The molecule has 1 atom stereocenters. The van der Waals surface area contributed by atoms with Gasteiger partial charge in [0.05, 0.1) is 0 Å². The van der Waals surface area contributed by atoms with Crippen molar-refractivity contribution < 1.29 is 14.7 Å². The number of aromatic carboxylic acids is 1. The zero-order chi connectivity index (χ0) is 19.1. The average molecular weight is 375 g/mol. The summed E-state index contributed by atoms with van der Waals surface area (Å²) >= 11 is 1.26. The molecule has 1 saturated heterocycles. The molecule has 2 heterocycles. The highest BCUT2D eigenvalue weighted by molar-refractivity contribution is 7.21. The summed E-state index contributed by atoms with van der Waals surface area (Å²) in [6.07, 6.45) is 0.760. The predicted octanol–water partition coefficient (Wildman–Crippen LogP) is 2.92. The number of likely N-dealkylation sites (tertiary alicyclic amines) is 1. The Morgan fingerprint density at radius 2 is 2.08 bits per heavy atom. The van der Waals surface area contributed by atoms with Gasteiger partial charge >= 0.3 is 5.97 Å². The lowest BCUT2D eigenvalue weighted by Crippen LogP contribution is -2.58. The van der Waals surface area contributed by atoms with E-state index in [-0.39, 0.29) is 11.9 Å². The van der Waals surface area contributed by atoms with Gasteiger partial charge in [-0.1, -0.05) is 0 Å². The summed E-state index contributed by atoms with van der Waals surface area (Å²) in [5.41, 5.74) is 0.831. The number of carboxylic acid groups (broad SMARTS) is 1. The molecule has 0 unspecified atom stereocenters. The number of benzene rings is 1. The van der Waals surface area contributed by atoms with E-state index in [4.69, 9.17) is 0 Å². The van der Waals surface area contributed by atoms with Gasteiger partial charge in [0.2, 0.25) is 5.91 Å². The zero-order valence-electron chi connectivity index (χ0n) is 15.5. The Morgan fingerprint density at radius 3 is 2.65 bits per heavy atom. The molecule has 1 aliphatic rings. The van der Waals surface area contributed by atoms with E-state index in [0.717, 1.165) is 28.6 Å². The van der Waals surface area contributed by atoms with Crippen LogP contribution < -0.4 is 10.6 Å². The van der Waals surface area contributed by atoms with Gasteiger partial charge in [0.15, 0.2) is 0 Å². The van der Waals surface area contributed by atoms with E-state index in [2.05, 4.69) is 15.5 Å². The second-order valence-electron chi connectivity index (χ2n) is 7.40. The molecule has 0 spiro atoms. The van der Waals surface area contributed by atoms with Crippen molar-refractivity contribution in [3.8, 4) is 0 Å².